The first-order valence-electron chi connectivity index (χ1n) is 6.56. The molecule has 0 N–H and O–H groups in total. The number of benzene rings is 1. The fourth-order valence-corrected chi connectivity index (χ4v) is 2.36. The Morgan fingerprint density at radius 1 is 1.24 bits per heavy atom. The first kappa shape index (κ1) is 12.6. The van der Waals surface area contributed by atoms with E-state index in [9.17, 15) is 4.39 Å². The van der Waals surface area contributed by atoms with Crippen LogP contribution < -0.4 is 0 Å². The molecule has 1 aromatic carbocycles. The van der Waals surface area contributed by atoms with Crippen molar-refractivity contribution in [2.45, 2.75) is 33.7 Å². The average molecular weight is 235 g/mol. The number of halogens is 1. The standard InChI is InChI=1S/C15H22FN/c1-11(2)12(3)9-17-7-6-13-4-5-15(16)8-14(13)10-17/h4-5,8,11-12H,6-7,9-10H2,1-3H3. The van der Waals surface area contributed by atoms with Gasteiger partial charge in [0, 0.05) is 19.6 Å². The average Bonchev–Trinajstić information content (AvgIpc) is 2.28. The molecule has 1 nitrogen and oxygen atoms in total. The van der Waals surface area contributed by atoms with Crippen LogP contribution in [0.15, 0.2) is 18.2 Å². The van der Waals surface area contributed by atoms with E-state index < -0.39 is 0 Å². The van der Waals surface area contributed by atoms with Gasteiger partial charge in [0.15, 0.2) is 0 Å². The van der Waals surface area contributed by atoms with E-state index in [1.807, 2.05) is 6.07 Å². The first-order chi connectivity index (χ1) is 8.06. The van der Waals surface area contributed by atoms with Crippen LogP contribution in [0, 0.1) is 17.7 Å². The normalized spacial score (nSPS) is 18.2. The van der Waals surface area contributed by atoms with E-state index in [1.54, 1.807) is 12.1 Å². The van der Waals surface area contributed by atoms with Gasteiger partial charge in [-0.05, 0) is 41.5 Å². The quantitative estimate of drug-likeness (QED) is 0.775. The van der Waals surface area contributed by atoms with Crippen molar-refractivity contribution in [2.24, 2.45) is 11.8 Å². The van der Waals surface area contributed by atoms with Crippen molar-refractivity contribution >= 4 is 0 Å². The van der Waals surface area contributed by atoms with E-state index >= 15 is 0 Å². The molecule has 1 unspecified atom stereocenters. The SMILES string of the molecule is CC(C)C(C)CN1CCc2ccc(F)cc2C1. The van der Waals surface area contributed by atoms with Gasteiger partial charge in [-0.3, -0.25) is 4.90 Å². The van der Waals surface area contributed by atoms with Crippen LogP contribution in [0.5, 0.6) is 0 Å². The largest absolute Gasteiger partial charge is 0.298 e. The zero-order valence-corrected chi connectivity index (χ0v) is 11.0. The molecule has 1 atom stereocenters. The molecule has 0 saturated carbocycles. The van der Waals surface area contributed by atoms with Crippen LogP contribution in [0.1, 0.15) is 31.9 Å². The van der Waals surface area contributed by atoms with Crippen LogP contribution in [0.3, 0.4) is 0 Å². The van der Waals surface area contributed by atoms with Crippen molar-refractivity contribution in [1.29, 1.82) is 0 Å². The highest BCUT2D eigenvalue weighted by atomic mass is 19.1. The number of hydrogen-bond acceptors (Lipinski definition) is 1. The second-order valence-electron chi connectivity index (χ2n) is 5.62. The highest BCUT2D eigenvalue weighted by Crippen LogP contribution is 2.22. The van der Waals surface area contributed by atoms with Gasteiger partial charge in [-0.2, -0.15) is 0 Å². The summed E-state index contributed by atoms with van der Waals surface area (Å²) in [6.07, 6.45) is 1.06. The van der Waals surface area contributed by atoms with Crippen LogP contribution in [-0.4, -0.2) is 18.0 Å². The predicted octanol–water partition coefficient (Wildman–Crippen LogP) is 3.48. The molecule has 0 spiro atoms. The summed E-state index contributed by atoms with van der Waals surface area (Å²) in [6.45, 7) is 9.96. The van der Waals surface area contributed by atoms with Crippen molar-refractivity contribution in [3.8, 4) is 0 Å². The Hall–Kier alpha value is -0.890. The molecule has 1 aliphatic heterocycles. The van der Waals surface area contributed by atoms with E-state index in [0.29, 0.717) is 11.8 Å². The summed E-state index contributed by atoms with van der Waals surface area (Å²) in [6, 6.07) is 5.21. The van der Waals surface area contributed by atoms with Crippen LogP contribution in [-0.2, 0) is 13.0 Å². The van der Waals surface area contributed by atoms with Gasteiger partial charge in [0.1, 0.15) is 5.82 Å². The molecular formula is C15H22FN. The van der Waals surface area contributed by atoms with Gasteiger partial charge >= 0.3 is 0 Å². The second kappa shape index (κ2) is 5.18. The van der Waals surface area contributed by atoms with E-state index in [0.717, 1.165) is 26.1 Å². The molecule has 0 saturated heterocycles. The third-order valence-electron chi connectivity index (χ3n) is 3.94. The van der Waals surface area contributed by atoms with Crippen molar-refractivity contribution in [1.82, 2.24) is 4.90 Å². The summed E-state index contributed by atoms with van der Waals surface area (Å²) in [4.78, 5) is 2.45. The van der Waals surface area contributed by atoms with Gasteiger partial charge in [-0.25, -0.2) is 4.39 Å². The lowest BCUT2D eigenvalue weighted by atomic mass is 9.94. The zero-order valence-electron chi connectivity index (χ0n) is 11.0. The maximum atomic E-state index is 13.2. The maximum absolute atomic E-state index is 13.2. The van der Waals surface area contributed by atoms with Gasteiger partial charge in [0.25, 0.3) is 0 Å². The topological polar surface area (TPSA) is 3.24 Å². The van der Waals surface area contributed by atoms with Gasteiger partial charge in [-0.15, -0.1) is 0 Å². The molecular weight excluding hydrogens is 213 g/mol. The van der Waals surface area contributed by atoms with Crippen LogP contribution in [0.2, 0.25) is 0 Å². The smallest absolute Gasteiger partial charge is 0.123 e. The van der Waals surface area contributed by atoms with Gasteiger partial charge in [-0.1, -0.05) is 26.8 Å². The molecule has 17 heavy (non-hydrogen) atoms. The Bertz CT molecular complexity index is 387. The van der Waals surface area contributed by atoms with Gasteiger partial charge in [0.05, 0.1) is 0 Å². The third-order valence-corrected chi connectivity index (χ3v) is 3.94. The second-order valence-corrected chi connectivity index (χ2v) is 5.62. The van der Waals surface area contributed by atoms with Crippen LogP contribution in [0.25, 0.3) is 0 Å². The number of nitrogens with zero attached hydrogens (tertiary/aromatic N) is 1. The molecule has 0 fully saturated rings. The lowest BCUT2D eigenvalue weighted by Gasteiger charge is -2.32. The summed E-state index contributed by atoms with van der Waals surface area (Å²) in [5, 5.41) is 0. The minimum absolute atomic E-state index is 0.109. The molecule has 0 bridgehead atoms. The Labute approximate surface area is 104 Å². The molecule has 1 heterocycles. The Balaban J connectivity index is 2.03. The van der Waals surface area contributed by atoms with Crippen molar-refractivity contribution in [3.05, 3.63) is 35.1 Å². The van der Waals surface area contributed by atoms with Crippen molar-refractivity contribution in [2.75, 3.05) is 13.1 Å². The monoisotopic (exact) mass is 235 g/mol. The van der Waals surface area contributed by atoms with E-state index in [-0.39, 0.29) is 5.82 Å². The lowest BCUT2D eigenvalue weighted by Crippen LogP contribution is -2.35. The minimum atomic E-state index is -0.109. The molecule has 0 aromatic heterocycles. The number of hydrogen-bond donors (Lipinski definition) is 0. The Kier molecular flexibility index (Phi) is 3.82. The van der Waals surface area contributed by atoms with Crippen LogP contribution >= 0.6 is 0 Å². The van der Waals surface area contributed by atoms with E-state index in [4.69, 9.17) is 0 Å². The Morgan fingerprint density at radius 3 is 2.71 bits per heavy atom. The Morgan fingerprint density at radius 2 is 2.00 bits per heavy atom. The predicted molar refractivity (Wildman–Crippen MR) is 69.4 cm³/mol. The fourth-order valence-electron chi connectivity index (χ4n) is 2.36. The van der Waals surface area contributed by atoms with E-state index in [2.05, 4.69) is 25.7 Å². The van der Waals surface area contributed by atoms with E-state index in [1.165, 1.54) is 11.1 Å². The molecule has 2 rings (SSSR count). The van der Waals surface area contributed by atoms with Gasteiger partial charge < -0.3 is 0 Å². The molecule has 0 amide bonds. The highest BCUT2D eigenvalue weighted by Gasteiger charge is 2.19. The molecule has 0 aliphatic carbocycles. The summed E-state index contributed by atoms with van der Waals surface area (Å²) in [5.41, 5.74) is 2.49. The summed E-state index contributed by atoms with van der Waals surface area (Å²) in [5.74, 6) is 1.30. The number of fused-ring (bicyclic) bond motifs is 1. The first-order valence-corrected chi connectivity index (χ1v) is 6.56. The van der Waals surface area contributed by atoms with Crippen molar-refractivity contribution in [3.63, 3.8) is 0 Å². The molecule has 1 aromatic rings. The molecule has 2 heteroatoms. The molecule has 94 valence electrons. The summed E-state index contributed by atoms with van der Waals surface area (Å²) in [7, 11) is 0. The minimum Gasteiger partial charge on any atom is -0.298 e. The summed E-state index contributed by atoms with van der Waals surface area (Å²) < 4.78 is 13.2. The maximum Gasteiger partial charge on any atom is 0.123 e. The third kappa shape index (κ3) is 3.06. The van der Waals surface area contributed by atoms with Crippen molar-refractivity contribution < 1.29 is 4.39 Å². The molecule has 1 aliphatic rings. The summed E-state index contributed by atoms with van der Waals surface area (Å²) >= 11 is 0. The fraction of sp³-hybridized carbons (Fsp3) is 0.600. The highest BCUT2D eigenvalue weighted by molar-refractivity contribution is 5.29. The van der Waals surface area contributed by atoms with Crippen LogP contribution in [0.4, 0.5) is 4.39 Å². The molecule has 0 radical (unpaired) electrons. The lowest BCUT2D eigenvalue weighted by molar-refractivity contribution is 0.196. The van der Waals surface area contributed by atoms with Gasteiger partial charge in [0.2, 0.25) is 0 Å². The zero-order chi connectivity index (χ0) is 12.4. The number of rotatable bonds is 3.